The van der Waals surface area contributed by atoms with Crippen molar-refractivity contribution in [3.63, 3.8) is 0 Å². The summed E-state index contributed by atoms with van der Waals surface area (Å²) in [7, 11) is 0. The zero-order valence-corrected chi connectivity index (χ0v) is 13.4. The van der Waals surface area contributed by atoms with Crippen LogP contribution >= 0.6 is 23.2 Å². The molecule has 0 radical (unpaired) electrons. The largest absolute Gasteiger partial charge is 0.417 e. The molecule has 2 rings (SSSR count). The molecule has 2 aromatic carbocycles. The molecular weight excluding hydrogens is 366 g/mol. The van der Waals surface area contributed by atoms with E-state index < -0.39 is 22.7 Å². The van der Waals surface area contributed by atoms with Crippen molar-refractivity contribution in [1.82, 2.24) is 5.43 Å². The maximum Gasteiger partial charge on any atom is 0.417 e. The third-order valence-electron chi connectivity index (χ3n) is 2.94. The molecule has 0 bridgehead atoms. The fraction of sp³-hybridized carbons (Fsp3) is 0.0667. The van der Waals surface area contributed by atoms with Crippen LogP contribution in [0, 0.1) is 0 Å². The Bertz CT molecular complexity index is 807. The number of rotatable bonds is 3. The number of benzene rings is 2. The summed E-state index contributed by atoms with van der Waals surface area (Å²) in [6, 6.07) is 7.58. The van der Waals surface area contributed by atoms with Gasteiger partial charge in [0.15, 0.2) is 0 Å². The number of hydrazone groups is 1. The van der Waals surface area contributed by atoms with Crippen LogP contribution in [0.3, 0.4) is 0 Å². The van der Waals surface area contributed by atoms with Gasteiger partial charge in [0.25, 0.3) is 5.91 Å². The summed E-state index contributed by atoms with van der Waals surface area (Å²) in [6.45, 7) is 0. The average molecular weight is 376 g/mol. The van der Waals surface area contributed by atoms with Gasteiger partial charge in [-0.3, -0.25) is 4.79 Å². The van der Waals surface area contributed by atoms with E-state index in [-0.39, 0.29) is 16.8 Å². The van der Waals surface area contributed by atoms with Crippen LogP contribution in [0.1, 0.15) is 21.5 Å². The number of nitrogen functional groups attached to an aromatic ring is 1. The summed E-state index contributed by atoms with van der Waals surface area (Å²) in [5.74, 6) is -0.642. The van der Waals surface area contributed by atoms with Crippen molar-refractivity contribution >= 4 is 41.0 Å². The van der Waals surface area contributed by atoms with Gasteiger partial charge in [-0.25, -0.2) is 5.43 Å². The van der Waals surface area contributed by atoms with Crippen LogP contribution in [-0.4, -0.2) is 12.1 Å². The zero-order valence-electron chi connectivity index (χ0n) is 11.9. The molecular formula is C15H10Cl2F3N3O. The summed E-state index contributed by atoms with van der Waals surface area (Å²) >= 11 is 11.3. The first-order valence-corrected chi connectivity index (χ1v) is 7.19. The molecule has 126 valence electrons. The van der Waals surface area contributed by atoms with E-state index in [4.69, 9.17) is 28.9 Å². The van der Waals surface area contributed by atoms with E-state index in [0.29, 0.717) is 5.02 Å². The molecule has 0 saturated heterocycles. The number of nitrogens with one attached hydrogen (secondary N) is 1. The van der Waals surface area contributed by atoms with Gasteiger partial charge in [-0.15, -0.1) is 0 Å². The molecule has 0 atom stereocenters. The first-order valence-electron chi connectivity index (χ1n) is 6.43. The van der Waals surface area contributed by atoms with Gasteiger partial charge in [0.1, 0.15) is 0 Å². The summed E-state index contributed by atoms with van der Waals surface area (Å²) in [5.41, 5.74) is 7.24. The molecule has 0 fully saturated rings. The first-order chi connectivity index (χ1) is 11.2. The van der Waals surface area contributed by atoms with Crippen LogP contribution in [0.25, 0.3) is 0 Å². The Labute approximate surface area is 145 Å². The van der Waals surface area contributed by atoms with E-state index >= 15 is 0 Å². The van der Waals surface area contributed by atoms with Crippen LogP contribution in [0.4, 0.5) is 18.9 Å². The monoisotopic (exact) mass is 375 g/mol. The van der Waals surface area contributed by atoms with Gasteiger partial charge in [-0.05, 0) is 35.9 Å². The highest BCUT2D eigenvalue weighted by atomic mass is 35.5. The van der Waals surface area contributed by atoms with E-state index in [1.165, 1.54) is 24.3 Å². The van der Waals surface area contributed by atoms with E-state index in [0.717, 1.165) is 18.3 Å². The molecule has 0 saturated carbocycles. The highest BCUT2D eigenvalue weighted by molar-refractivity contribution is 6.31. The lowest BCUT2D eigenvalue weighted by molar-refractivity contribution is -0.137. The number of carbonyl (C=O) groups is 1. The Morgan fingerprint density at radius 1 is 1.17 bits per heavy atom. The normalized spacial score (nSPS) is 11.7. The molecule has 1 amide bonds. The Hall–Kier alpha value is -2.25. The molecule has 0 heterocycles. The molecule has 0 aliphatic carbocycles. The predicted octanol–water partition coefficient (Wildman–Crippen LogP) is 4.36. The topological polar surface area (TPSA) is 67.5 Å². The van der Waals surface area contributed by atoms with Crippen molar-refractivity contribution in [2.75, 3.05) is 5.73 Å². The Morgan fingerprint density at radius 3 is 2.54 bits per heavy atom. The molecule has 9 heteroatoms. The lowest BCUT2D eigenvalue weighted by atomic mass is 10.1. The van der Waals surface area contributed by atoms with Gasteiger partial charge in [0.2, 0.25) is 0 Å². The van der Waals surface area contributed by atoms with Crippen molar-refractivity contribution in [2.45, 2.75) is 6.18 Å². The standard InChI is InChI=1S/C15H10Cl2F3N3O/c16-9-2-4-13(21)10(6-9)14(24)23-22-7-8-1-3-12(17)11(5-8)15(18,19)20/h1-7H,21H2,(H,23,24)/b22-7+. The third-order valence-corrected chi connectivity index (χ3v) is 3.50. The van der Waals surface area contributed by atoms with Crippen molar-refractivity contribution in [1.29, 1.82) is 0 Å². The maximum absolute atomic E-state index is 12.8. The minimum atomic E-state index is -4.58. The number of halogens is 5. The van der Waals surface area contributed by atoms with Crippen LogP contribution in [0.15, 0.2) is 41.5 Å². The minimum Gasteiger partial charge on any atom is -0.398 e. The van der Waals surface area contributed by atoms with Crippen LogP contribution in [0.2, 0.25) is 10.0 Å². The number of anilines is 1. The van der Waals surface area contributed by atoms with Crippen LogP contribution in [0.5, 0.6) is 0 Å². The maximum atomic E-state index is 12.8. The summed E-state index contributed by atoms with van der Waals surface area (Å²) in [6.07, 6.45) is -3.52. The molecule has 0 aliphatic heterocycles. The smallest absolute Gasteiger partial charge is 0.398 e. The van der Waals surface area contributed by atoms with Gasteiger partial charge in [0, 0.05) is 10.7 Å². The fourth-order valence-corrected chi connectivity index (χ4v) is 2.19. The number of amides is 1. The Kier molecular flexibility index (Phi) is 5.36. The average Bonchev–Trinajstić information content (AvgIpc) is 2.50. The second-order valence-corrected chi connectivity index (χ2v) is 5.51. The molecule has 4 nitrogen and oxygen atoms in total. The van der Waals surface area contributed by atoms with Gasteiger partial charge in [-0.1, -0.05) is 29.3 Å². The molecule has 2 aromatic rings. The van der Waals surface area contributed by atoms with Gasteiger partial charge >= 0.3 is 6.18 Å². The second kappa shape index (κ2) is 7.11. The molecule has 24 heavy (non-hydrogen) atoms. The van der Waals surface area contributed by atoms with Crippen molar-refractivity contribution in [3.05, 3.63) is 63.1 Å². The van der Waals surface area contributed by atoms with Crippen molar-refractivity contribution in [3.8, 4) is 0 Å². The molecule has 0 spiro atoms. The molecule has 0 aliphatic rings. The number of alkyl halides is 3. The second-order valence-electron chi connectivity index (χ2n) is 4.67. The summed E-state index contributed by atoms with van der Waals surface area (Å²) < 4.78 is 38.3. The van der Waals surface area contributed by atoms with E-state index in [1.807, 2.05) is 0 Å². The van der Waals surface area contributed by atoms with Gasteiger partial charge < -0.3 is 5.73 Å². The fourth-order valence-electron chi connectivity index (χ4n) is 1.79. The predicted molar refractivity (Wildman–Crippen MR) is 87.4 cm³/mol. The number of carbonyl (C=O) groups excluding carboxylic acids is 1. The highest BCUT2D eigenvalue weighted by Crippen LogP contribution is 2.34. The Balaban J connectivity index is 2.15. The van der Waals surface area contributed by atoms with E-state index in [9.17, 15) is 18.0 Å². The Morgan fingerprint density at radius 2 is 1.88 bits per heavy atom. The number of nitrogens with two attached hydrogens (primary N) is 1. The number of hydrogen-bond donors (Lipinski definition) is 2. The first kappa shape index (κ1) is 18.1. The highest BCUT2D eigenvalue weighted by Gasteiger charge is 2.33. The van der Waals surface area contributed by atoms with Crippen LogP contribution < -0.4 is 11.2 Å². The zero-order chi connectivity index (χ0) is 17.9. The van der Waals surface area contributed by atoms with Crippen molar-refractivity contribution < 1.29 is 18.0 Å². The lowest BCUT2D eigenvalue weighted by Crippen LogP contribution is -2.19. The minimum absolute atomic E-state index is 0.103. The molecule has 0 unspecified atom stereocenters. The molecule has 0 aromatic heterocycles. The number of hydrogen-bond acceptors (Lipinski definition) is 3. The number of nitrogens with zero attached hydrogens (tertiary/aromatic N) is 1. The lowest BCUT2D eigenvalue weighted by Gasteiger charge is -2.09. The SMILES string of the molecule is Nc1ccc(Cl)cc1C(=O)N/N=C/c1ccc(Cl)c(C(F)(F)F)c1. The van der Waals surface area contributed by atoms with E-state index in [1.54, 1.807) is 0 Å². The van der Waals surface area contributed by atoms with Crippen molar-refractivity contribution in [2.24, 2.45) is 5.10 Å². The summed E-state index contributed by atoms with van der Waals surface area (Å²) in [5, 5.41) is 3.50. The summed E-state index contributed by atoms with van der Waals surface area (Å²) in [4.78, 5) is 11.9. The van der Waals surface area contributed by atoms with Gasteiger partial charge in [-0.2, -0.15) is 18.3 Å². The van der Waals surface area contributed by atoms with E-state index in [2.05, 4.69) is 10.5 Å². The third kappa shape index (κ3) is 4.39. The quantitative estimate of drug-likeness (QED) is 0.475. The molecule has 3 N–H and O–H groups in total. The van der Waals surface area contributed by atoms with Gasteiger partial charge in [0.05, 0.1) is 22.4 Å². The van der Waals surface area contributed by atoms with Crippen LogP contribution in [-0.2, 0) is 6.18 Å².